The number of thioether (sulfide) groups is 1. The van der Waals surface area contributed by atoms with Crippen molar-refractivity contribution in [3.63, 3.8) is 0 Å². The summed E-state index contributed by atoms with van der Waals surface area (Å²) < 4.78 is 1.88. The first-order valence-corrected chi connectivity index (χ1v) is 12.8. The Morgan fingerprint density at radius 2 is 1.63 bits per heavy atom. The number of carbonyl (C=O) groups is 1. The second-order valence-electron chi connectivity index (χ2n) is 8.40. The zero-order chi connectivity index (χ0) is 24.0. The average Bonchev–Trinajstić information content (AvgIpc) is 3.35. The van der Waals surface area contributed by atoms with E-state index in [4.69, 9.17) is 5.10 Å². The van der Waals surface area contributed by atoms with E-state index in [0.717, 1.165) is 45.5 Å². The normalized spacial score (nSPS) is 11.0. The van der Waals surface area contributed by atoms with Crippen LogP contribution in [0, 0.1) is 0 Å². The SMILES string of the molecule is CCCSc1ccc(-c2nn(-c3ccccc3)cc2CNC(=O)c2ccc3ccccc3c2)cc1. The standard InChI is InChI=1S/C30H27N3OS/c1-2-18-35-28-16-14-23(15-17-28)29-26(21-33(32-29)27-10-4-3-5-11-27)20-31-30(34)25-13-12-22-8-6-7-9-24(22)19-25/h3-17,19,21H,2,18,20H2,1H3,(H,31,34). The zero-order valence-electron chi connectivity index (χ0n) is 19.6. The summed E-state index contributed by atoms with van der Waals surface area (Å²) in [5.74, 6) is 1.01. The van der Waals surface area contributed by atoms with Gasteiger partial charge in [-0.3, -0.25) is 4.79 Å². The lowest BCUT2D eigenvalue weighted by molar-refractivity contribution is 0.0951. The lowest BCUT2D eigenvalue weighted by atomic mass is 10.1. The van der Waals surface area contributed by atoms with Gasteiger partial charge < -0.3 is 5.32 Å². The van der Waals surface area contributed by atoms with Gasteiger partial charge in [0.1, 0.15) is 0 Å². The van der Waals surface area contributed by atoms with Crippen LogP contribution in [0.2, 0.25) is 0 Å². The highest BCUT2D eigenvalue weighted by molar-refractivity contribution is 7.99. The fourth-order valence-electron chi connectivity index (χ4n) is 4.03. The first-order chi connectivity index (χ1) is 17.2. The molecule has 1 amide bonds. The van der Waals surface area contributed by atoms with Crippen molar-refractivity contribution < 1.29 is 4.79 Å². The monoisotopic (exact) mass is 477 g/mol. The second-order valence-corrected chi connectivity index (χ2v) is 9.57. The second kappa shape index (κ2) is 10.6. The summed E-state index contributed by atoms with van der Waals surface area (Å²) in [4.78, 5) is 14.2. The molecule has 174 valence electrons. The number of amides is 1. The van der Waals surface area contributed by atoms with Crippen LogP contribution in [0.4, 0.5) is 0 Å². The summed E-state index contributed by atoms with van der Waals surface area (Å²) in [5.41, 5.74) is 4.51. The molecule has 35 heavy (non-hydrogen) atoms. The van der Waals surface area contributed by atoms with Crippen molar-refractivity contribution in [1.82, 2.24) is 15.1 Å². The molecule has 0 fully saturated rings. The Kier molecular flexibility index (Phi) is 6.96. The highest BCUT2D eigenvalue weighted by Gasteiger charge is 2.14. The predicted molar refractivity (Wildman–Crippen MR) is 145 cm³/mol. The molecule has 0 bridgehead atoms. The fourth-order valence-corrected chi connectivity index (χ4v) is 4.80. The highest BCUT2D eigenvalue weighted by atomic mass is 32.2. The third-order valence-corrected chi connectivity index (χ3v) is 7.08. The molecule has 0 aliphatic rings. The molecule has 4 nitrogen and oxygen atoms in total. The minimum atomic E-state index is -0.0968. The Bertz CT molecular complexity index is 1440. The van der Waals surface area contributed by atoms with Crippen LogP contribution >= 0.6 is 11.8 Å². The van der Waals surface area contributed by atoms with Crippen molar-refractivity contribution >= 4 is 28.4 Å². The van der Waals surface area contributed by atoms with Gasteiger partial charge in [0.25, 0.3) is 5.91 Å². The summed E-state index contributed by atoms with van der Waals surface area (Å²) in [6.45, 7) is 2.58. The number of rotatable bonds is 8. The van der Waals surface area contributed by atoms with E-state index in [-0.39, 0.29) is 5.91 Å². The molecule has 5 aromatic rings. The topological polar surface area (TPSA) is 46.9 Å². The molecule has 0 aliphatic carbocycles. The Labute approximate surface area is 210 Å². The molecule has 5 rings (SSSR count). The number of benzene rings is 4. The summed E-state index contributed by atoms with van der Waals surface area (Å²) in [7, 11) is 0. The van der Waals surface area contributed by atoms with Crippen LogP contribution in [-0.2, 0) is 6.54 Å². The Morgan fingerprint density at radius 3 is 2.40 bits per heavy atom. The lowest BCUT2D eigenvalue weighted by Gasteiger charge is -2.07. The van der Waals surface area contributed by atoms with Crippen LogP contribution in [0.5, 0.6) is 0 Å². The van der Waals surface area contributed by atoms with Crippen LogP contribution in [0.15, 0.2) is 108 Å². The van der Waals surface area contributed by atoms with Crippen LogP contribution < -0.4 is 5.32 Å². The van der Waals surface area contributed by atoms with Gasteiger partial charge in [-0.2, -0.15) is 5.10 Å². The average molecular weight is 478 g/mol. The predicted octanol–water partition coefficient (Wildman–Crippen LogP) is 7.12. The van der Waals surface area contributed by atoms with E-state index >= 15 is 0 Å². The number of hydrogen-bond donors (Lipinski definition) is 1. The summed E-state index contributed by atoms with van der Waals surface area (Å²) in [5, 5.41) is 10.2. The van der Waals surface area contributed by atoms with Crippen LogP contribution in [-0.4, -0.2) is 21.4 Å². The molecule has 0 saturated heterocycles. The van der Waals surface area contributed by atoms with Gasteiger partial charge in [-0.25, -0.2) is 4.68 Å². The van der Waals surface area contributed by atoms with Gasteiger partial charge in [0.15, 0.2) is 0 Å². The smallest absolute Gasteiger partial charge is 0.251 e. The largest absolute Gasteiger partial charge is 0.348 e. The lowest BCUT2D eigenvalue weighted by Crippen LogP contribution is -2.22. The third kappa shape index (κ3) is 5.31. The van der Waals surface area contributed by atoms with E-state index in [0.29, 0.717) is 12.1 Å². The van der Waals surface area contributed by atoms with Gasteiger partial charge in [-0.05, 0) is 59.3 Å². The molecule has 5 heteroatoms. The minimum Gasteiger partial charge on any atom is -0.348 e. The summed E-state index contributed by atoms with van der Waals surface area (Å²) >= 11 is 1.86. The van der Waals surface area contributed by atoms with Crippen molar-refractivity contribution in [3.05, 3.63) is 114 Å². The molecule has 4 aromatic carbocycles. The molecule has 0 unspecified atom stereocenters. The first kappa shape index (κ1) is 22.9. The van der Waals surface area contributed by atoms with Gasteiger partial charge in [-0.1, -0.05) is 67.6 Å². The highest BCUT2D eigenvalue weighted by Crippen LogP contribution is 2.27. The molecule has 1 aromatic heterocycles. The van der Waals surface area contributed by atoms with E-state index in [2.05, 4.69) is 36.5 Å². The summed E-state index contributed by atoms with van der Waals surface area (Å²) in [6, 6.07) is 32.4. The first-order valence-electron chi connectivity index (χ1n) is 11.9. The van der Waals surface area contributed by atoms with Gasteiger partial charge in [-0.15, -0.1) is 11.8 Å². The number of nitrogens with one attached hydrogen (secondary N) is 1. The molecule has 0 saturated carbocycles. The molecule has 0 atom stereocenters. The molecule has 1 N–H and O–H groups in total. The minimum absolute atomic E-state index is 0.0968. The van der Waals surface area contributed by atoms with Gasteiger partial charge >= 0.3 is 0 Å². The zero-order valence-corrected chi connectivity index (χ0v) is 20.5. The van der Waals surface area contributed by atoms with E-state index in [1.165, 1.54) is 4.90 Å². The maximum Gasteiger partial charge on any atom is 0.251 e. The molecule has 0 radical (unpaired) electrons. The van der Waals surface area contributed by atoms with Gasteiger partial charge in [0, 0.05) is 34.3 Å². The van der Waals surface area contributed by atoms with Crippen molar-refractivity contribution in [3.8, 4) is 16.9 Å². The number of nitrogens with zero attached hydrogens (tertiary/aromatic N) is 2. The van der Waals surface area contributed by atoms with Crippen molar-refractivity contribution in [2.45, 2.75) is 24.8 Å². The fraction of sp³-hybridized carbons (Fsp3) is 0.133. The number of hydrogen-bond acceptors (Lipinski definition) is 3. The third-order valence-electron chi connectivity index (χ3n) is 5.86. The maximum atomic E-state index is 13.0. The molecule has 0 aliphatic heterocycles. The van der Waals surface area contributed by atoms with Crippen molar-refractivity contribution in [1.29, 1.82) is 0 Å². The number of aromatic nitrogens is 2. The van der Waals surface area contributed by atoms with Crippen molar-refractivity contribution in [2.24, 2.45) is 0 Å². The van der Waals surface area contributed by atoms with E-state index < -0.39 is 0 Å². The van der Waals surface area contributed by atoms with Crippen LogP contribution in [0.1, 0.15) is 29.3 Å². The maximum absolute atomic E-state index is 13.0. The van der Waals surface area contributed by atoms with E-state index in [1.807, 2.05) is 95.4 Å². The Balaban J connectivity index is 1.41. The molecule has 1 heterocycles. The van der Waals surface area contributed by atoms with E-state index in [9.17, 15) is 4.79 Å². The van der Waals surface area contributed by atoms with E-state index in [1.54, 1.807) is 0 Å². The van der Waals surface area contributed by atoms with Crippen LogP contribution in [0.25, 0.3) is 27.7 Å². The molecule has 0 spiro atoms. The summed E-state index contributed by atoms with van der Waals surface area (Å²) in [6.07, 6.45) is 3.15. The Morgan fingerprint density at radius 1 is 0.886 bits per heavy atom. The number of carbonyl (C=O) groups excluding carboxylic acids is 1. The van der Waals surface area contributed by atoms with Crippen molar-refractivity contribution in [2.75, 3.05) is 5.75 Å². The van der Waals surface area contributed by atoms with Crippen LogP contribution in [0.3, 0.4) is 0 Å². The molecular formula is C30H27N3OS. The number of para-hydroxylation sites is 1. The Hall–Kier alpha value is -3.83. The van der Waals surface area contributed by atoms with Gasteiger partial charge in [0.05, 0.1) is 11.4 Å². The van der Waals surface area contributed by atoms with Gasteiger partial charge in [0.2, 0.25) is 0 Å². The quantitative estimate of drug-likeness (QED) is 0.242. The number of fused-ring (bicyclic) bond motifs is 1. The molecular weight excluding hydrogens is 450 g/mol.